The molecule has 4 rings (SSSR count). The van der Waals surface area contributed by atoms with Crippen molar-refractivity contribution < 1.29 is 9.59 Å². The number of carbonyl (C=O) groups is 2. The number of carbonyl (C=O) groups excluding carboxylic acids is 2. The predicted octanol–water partition coefficient (Wildman–Crippen LogP) is 4.08. The Morgan fingerprint density at radius 3 is 2.42 bits per heavy atom. The second-order valence-corrected chi connectivity index (χ2v) is 10.7. The molecule has 2 N–H and O–H groups in total. The third kappa shape index (κ3) is 5.15. The van der Waals surface area contributed by atoms with Crippen LogP contribution in [0, 0.1) is 0 Å². The van der Waals surface area contributed by atoms with E-state index in [-0.39, 0.29) is 47.7 Å². The third-order valence-corrected chi connectivity index (χ3v) is 7.09. The molecule has 10 nitrogen and oxygen atoms in total. The van der Waals surface area contributed by atoms with Crippen molar-refractivity contribution in [3.8, 4) is 5.82 Å². The number of rotatable bonds is 6. The van der Waals surface area contributed by atoms with Gasteiger partial charge in [-0.15, -0.1) is 0 Å². The SMILES string of the molecule is CNC(=O)c1cc(-n2c(NC(C)C)nc3c(c2=O)C[C@@H](C)N(C(=O)c2ccc(Cl)c(Cl)c2)C3)n(C(C)C)n1. The molecule has 2 aromatic heterocycles. The third-order valence-electron chi connectivity index (χ3n) is 6.35. The van der Waals surface area contributed by atoms with Gasteiger partial charge in [-0.2, -0.15) is 5.10 Å². The molecule has 2 amide bonds. The lowest BCUT2D eigenvalue weighted by molar-refractivity contribution is 0.0653. The van der Waals surface area contributed by atoms with Crippen molar-refractivity contribution in [2.45, 2.75) is 65.7 Å². The maximum absolute atomic E-state index is 14.0. The first-order chi connectivity index (χ1) is 17.9. The molecule has 0 fully saturated rings. The van der Waals surface area contributed by atoms with E-state index in [0.717, 1.165) is 0 Å². The van der Waals surface area contributed by atoms with Gasteiger partial charge in [0.15, 0.2) is 5.69 Å². The van der Waals surface area contributed by atoms with Crippen molar-refractivity contribution in [3.63, 3.8) is 0 Å². The van der Waals surface area contributed by atoms with Crippen molar-refractivity contribution in [1.29, 1.82) is 0 Å². The molecular formula is C26H31Cl2N7O3. The maximum Gasteiger partial charge on any atom is 0.271 e. The molecule has 38 heavy (non-hydrogen) atoms. The van der Waals surface area contributed by atoms with Gasteiger partial charge in [-0.05, 0) is 59.2 Å². The maximum atomic E-state index is 14.0. The molecule has 1 aromatic carbocycles. The average molecular weight is 560 g/mol. The Labute approximate surface area is 230 Å². The van der Waals surface area contributed by atoms with Crippen molar-refractivity contribution in [3.05, 3.63) is 67.2 Å². The van der Waals surface area contributed by atoms with Crippen LogP contribution in [0.4, 0.5) is 5.95 Å². The van der Waals surface area contributed by atoms with Crippen molar-refractivity contribution in [2.75, 3.05) is 12.4 Å². The zero-order valence-electron chi connectivity index (χ0n) is 22.2. The van der Waals surface area contributed by atoms with Gasteiger partial charge in [-0.25, -0.2) is 14.2 Å². The zero-order valence-corrected chi connectivity index (χ0v) is 23.7. The molecule has 0 saturated carbocycles. The molecule has 0 unspecified atom stereocenters. The van der Waals surface area contributed by atoms with Crippen molar-refractivity contribution >= 4 is 41.0 Å². The van der Waals surface area contributed by atoms with E-state index in [1.807, 2.05) is 34.6 Å². The van der Waals surface area contributed by atoms with Gasteiger partial charge in [0.25, 0.3) is 17.4 Å². The van der Waals surface area contributed by atoms with Gasteiger partial charge in [0.2, 0.25) is 5.95 Å². The Bertz CT molecular complexity index is 1460. The fraction of sp³-hybridized carbons (Fsp3) is 0.423. The number of aromatic nitrogens is 4. The molecule has 0 bridgehead atoms. The lowest BCUT2D eigenvalue weighted by Gasteiger charge is -2.35. The zero-order chi connectivity index (χ0) is 27.9. The van der Waals surface area contributed by atoms with E-state index in [2.05, 4.69) is 15.7 Å². The van der Waals surface area contributed by atoms with Gasteiger partial charge in [-0.1, -0.05) is 23.2 Å². The highest BCUT2D eigenvalue weighted by molar-refractivity contribution is 6.42. The predicted molar refractivity (Wildman–Crippen MR) is 148 cm³/mol. The van der Waals surface area contributed by atoms with E-state index in [4.69, 9.17) is 28.2 Å². The molecule has 202 valence electrons. The largest absolute Gasteiger partial charge is 0.354 e. The molecule has 0 saturated heterocycles. The fourth-order valence-electron chi connectivity index (χ4n) is 4.46. The topological polar surface area (TPSA) is 114 Å². The van der Waals surface area contributed by atoms with Crippen LogP contribution in [0.5, 0.6) is 0 Å². The Morgan fingerprint density at radius 1 is 1.11 bits per heavy atom. The van der Waals surface area contributed by atoms with E-state index in [1.165, 1.54) is 11.6 Å². The molecule has 12 heteroatoms. The monoisotopic (exact) mass is 559 g/mol. The number of nitrogens with zero attached hydrogens (tertiary/aromatic N) is 5. The van der Waals surface area contributed by atoms with Crippen LogP contribution in [-0.2, 0) is 13.0 Å². The summed E-state index contributed by atoms with van der Waals surface area (Å²) in [6, 6.07) is 5.91. The van der Waals surface area contributed by atoms with E-state index in [1.54, 1.807) is 33.8 Å². The molecular weight excluding hydrogens is 529 g/mol. The number of fused-ring (bicyclic) bond motifs is 1. The van der Waals surface area contributed by atoms with Crippen LogP contribution in [0.1, 0.15) is 72.8 Å². The summed E-state index contributed by atoms with van der Waals surface area (Å²) in [6.45, 7) is 9.77. The Morgan fingerprint density at radius 2 is 1.82 bits per heavy atom. The van der Waals surface area contributed by atoms with E-state index < -0.39 is 0 Å². The summed E-state index contributed by atoms with van der Waals surface area (Å²) in [6.07, 6.45) is 0.314. The van der Waals surface area contributed by atoms with Gasteiger partial charge in [0.05, 0.1) is 22.3 Å². The van der Waals surface area contributed by atoms with Crippen molar-refractivity contribution in [2.24, 2.45) is 0 Å². The standard InChI is InChI=1S/C26H31Cl2N7O3/c1-13(2)30-26-31-21-12-33(24(37)16-7-8-18(27)19(28)10-16)15(5)9-17(21)25(38)34(26)22-11-20(23(36)29-6)32-35(22)14(3)4/h7-8,10-11,13-15H,9,12H2,1-6H3,(H,29,36)(H,30,31)/t15-/m1/s1. The number of halogens is 2. The van der Waals surface area contributed by atoms with Crippen LogP contribution >= 0.6 is 23.2 Å². The summed E-state index contributed by atoms with van der Waals surface area (Å²) in [5, 5.41) is 10.9. The summed E-state index contributed by atoms with van der Waals surface area (Å²) < 4.78 is 3.11. The molecule has 3 heterocycles. The summed E-state index contributed by atoms with van der Waals surface area (Å²) in [7, 11) is 1.53. The number of amides is 2. The van der Waals surface area contributed by atoms with Gasteiger partial charge >= 0.3 is 0 Å². The highest BCUT2D eigenvalue weighted by Crippen LogP contribution is 2.28. The van der Waals surface area contributed by atoms with Gasteiger partial charge in [0.1, 0.15) is 5.82 Å². The van der Waals surface area contributed by atoms with E-state index in [9.17, 15) is 14.4 Å². The second kappa shape index (κ2) is 10.8. The minimum absolute atomic E-state index is 0.0449. The normalized spacial score (nSPS) is 15.1. The fourth-order valence-corrected chi connectivity index (χ4v) is 4.76. The van der Waals surface area contributed by atoms with Gasteiger partial charge < -0.3 is 15.5 Å². The van der Waals surface area contributed by atoms with Crippen LogP contribution in [-0.4, -0.2) is 55.2 Å². The molecule has 0 radical (unpaired) electrons. The Kier molecular flexibility index (Phi) is 7.85. The highest BCUT2D eigenvalue weighted by Gasteiger charge is 2.33. The lowest BCUT2D eigenvalue weighted by Crippen LogP contribution is -2.46. The first-order valence-corrected chi connectivity index (χ1v) is 13.2. The van der Waals surface area contributed by atoms with Crippen LogP contribution in [0.3, 0.4) is 0 Å². The smallest absolute Gasteiger partial charge is 0.271 e. The van der Waals surface area contributed by atoms with Crippen LogP contribution < -0.4 is 16.2 Å². The number of nitrogens with one attached hydrogen (secondary N) is 2. The first kappa shape index (κ1) is 27.7. The van der Waals surface area contributed by atoms with Gasteiger partial charge in [-0.3, -0.25) is 14.4 Å². The number of hydrogen-bond donors (Lipinski definition) is 2. The molecule has 0 aliphatic carbocycles. The number of hydrogen-bond acceptors (Lipinski definition) is 6. The Balaban J connectivity index is 1.84. The van der Waals surface area contributed by atoms with E-state index in [0.29, 0.717) is 45.1 Å². The number of anilines is 1. The lowest BCUT2D eigenvalue weighted by atomic mass is 9.98. The second-order valence-electron chi connectivity index (χ2n) is 9.92. The van der Waals surface area contributed by atoms with Crippen LogP contribution in [0.25, 0.3) is 5.82 Å². The summed E-state index contributed by atoms with van der Waals surface area (Å²) in [5.74, 6) is 0.168. The molecule has 1 atom stereocenters. The molecule has 3 aromatic rings. The number of benzene rings is 1. The minimum atomic E-state index is -0.354. The average Bonchev–Trinajstić information content (AvgIpc) is 3.30. The molecule has 1 aliphatic rings. The van der Waals surface area contributed by atoms with Crippen LogP contribution in [0.2, 0.25) is 10.0 Å². The Hall–Kier alpha value is -3.37. The van der Waals surface area contributed by atoms with Gasteiger partial charge in [0, 0.05) is 42.4 Å². The summed E-state index contributed by atoms with van der Waals surface area (Å²) in [5.41, 5.74) is 1.37. The minimum Gasteiger partial charge on any atom is -0.354 e. The van der Waals surface area contributed by atoms with Crippen LogP contribution in [0.15, 0.2) is 29.1 Å². The summed E-state index contributed by atoms with van der Waals surface area (Å²) >= 11 is 12.2. The first-order valence-electron chi connectivity index (χ1n) is 12.4. The highest BCUT2D eigenvalue weighted by atomic mass is 35.5. The molecule has 0 spiro atoms. The van der Waals surface area contributed by atoms with Crippen molar-refractivity contribution in [1.82, 2.24) is 29.5 Å². The molecule has 1 aliphatic heterocycles. The summed E-state index contributed by atoms with van der Waals surface area (Å²) in [4.78, 5) is 46.3. The quantitative estimate of drug-likeness (QED) is 0.470. The van der Waals surface area contributed by atoms with E-state index >= 15 is 0 Å².